The van der Waals surface area contributed by atoms with Crippen LogP contribution in [0.2, 0.25) is 0 Å². The van der Waals surface area contributed by atoms with Crippen molar-refractivity contribution in [3.63, 3.8) is 0 Å². The summed E-state index contributed by atoms with van der Waals surface area (Å²) in [5, 5.41) is 2.26. The lowest BCUT2D eigenvalue weighted by molar-refractivity contribution is 0.0492. The van der Waals surface area contributed by atoms with Crippen molar-refractivity contribution in [2.24, 2.45) is 0 Å². The topological polar surface area (TPSA) is 52.6 Å². The molecule has 4 aromatic rings. The zero-order valence-electron chi connectivity index (χ0n) is 25.1. The Labute approximate surface area is 258 Å². The largest absolute Gasteiger partial charge is 0.462 e. The summed E-state index contributed by atoms with van der Waals surface area (Å²) in [7, 11) is 0. The normalized spacial score (nSPS) is 12.0. The summed E-state index contributed by atoms with van der Waals surface area (Å²) in [6.07, 6.45) is 22.2. The van der Waals surface area contributed by atoms with Gasteiger partial charge < -0.3 is 9.47 Å². The number of esters is 2. The van der Waals surface area contributed by atoms with Gasteiger partial charge >= 0.3 is 11.9 Å². The number of allylic oxidation sites excluding steroid dienone is 4. The highest BCUT2D eigenvalue weighted by molar-refractivity contribution is 7.36. The van der Waals surface area contributed by atoms with E-state index in [1.165, 1.54) is 47.9 Å². The lowest BCUT2D eigenvalue weighted by Crippen LogP contribution is -2.06. The van der Waals surface area contributed by atoms with Gasteiger partial charge in [-0.3, -0.25) is 0 Å². The molecule has 2 heterocycles. The molecule has 4 nitrogen and oxygen atoms in total. The van der Waals surface area contributed by atoms with Gasteiger partial charge in [-0.15, -0.1) is 22.7 Å². The smallest absolute Gasteiger partial charge is 0.338 e. The molecule has 6 heteroatoms. The quantitative estimate of drug-likeness (QED) is 0.0644. The third-order valence-corrected chi connectivity index (χ3v) is 9.83. The number of ether oxygens (including phenoxy) is 2. The van der Waals surface area contributed by atoms with E-state index in [1.807, 2.05) is 36.4 Å². The average Bonchev–Trinajstić information content (AvgIpc) is 3.54. The Balaban J connectivity index is 1.30. The summed E-state index contributed by atoms with van der Waals surface area (Å²) in [6, 6.07) is 11.6. The molecule has 0 saturated heterocycles. The minimum Gasteiger partial charge on any atom is -0.462 e. The van der Waals surface area contributed by atoms with E-state index in [9.17, 15) is 9.59 Å². The van der Waals surface area contributed by atoms with Crippen LogP contribution < -0.4 is 0 Å². The van der Waals surface area contributed by atoms with Gasteiger partial charge in [0.2, 0.25) is 0 Å². The van der Waals surface area contributed by atoms with Crippen LogP contribution in [0.15, 0.2) is 60.7 Å². The molecule has 42 heavy (non-hydrogen) atoms. The van der Waals surface area contributed by atoms with E-state index >= 15 is 0 Å². The van der Waals surface area contributed by atoms with Crippen LogP contribution in [0, 0.1) is 0 Å². The zero-order valence-corrected chi connectivity index (χ0v) is 26.8. The van der Waals surface area contributed by atoms with Gasteiger partial charge in [-0.05, 0) is 75.6 Å². The Morgan fingerprint density at radius 1 is 0.595 bits per heavy atom. The highest BCUT2D eigenvalue weighted by atomic mass is 32.1. The van der Waals surface area contributed by atoms with Crippen molar-refractivity contribution in [1.82, 2.24) is 0 Å². The van der Waals surface area contributed by atoms with Gasteiger partial charge in [0, 0.05) is 20.2 Å². The molecule has 0 aliphatic carbocycles. The molecule has 0 fully saturated rings. The summed E-state index contributed by atoms with van der Waals surface area (Å²) in [6.45, 7) is 5.29. The fourth-order valence-corrected chi connectivity index (χ4v) is 7.64. The lowest BCUT2D eigenvalue weighted by atomic mass is 10.1. The van der Waals surface area contributed by atoms with Crippen LogP contribution in [0.5, 0.6) is 0 Å². The molecule has 2 aromatic carbocycles. The van der Waals surface area contributed by atoms with E-state index in [-0.39, 0.29) is 11.9 Å². The first-order valence-electron chi connectivity index (χ1n) is 15.7. The molecule has 2 aromatic heterocycles. The number of hydrogen-bond acceptors (Lipinski definition) is 6. The minimum atomic E-state index is -0.267. The number of hydrogen-bond donors (Lipinski definition) is 0. The summed E-state index contributed by atoms with van der Waals surface area (Å²) >= 11 is 3.37. The van der Waals surface area contributed by atoms with Gasteiger partial charge in [0.25, 0.3) is 0 Å². The molecular weight excluding hydrogens is 561 g/mol. The Morgan fingerprint density at radius 3 is 1.40 bits per heavy atom. The van der Waals surface area contributed by atoms with Crippen LogP contribution in [0.3, 0.4) is 0 Å². The van der Waals surface area contributed by atoms with E-state index in [0.29, 0.717) is 24.3 Å². The maximum atomic E-state index is 12.7. The van der Waals surface area contributed by atoms with Crippen LogP contribution >= 0.6 is 22.7 Å². The Bertz CT molecular complexity index is 1390. The standard InChI is InChI=1S/C36H44O4S2/c1-3-5-7-9-11-13-15-17-23-39-35(37)27-19-21-29-31(25-27)41-34-30-22-20-28(26-32(30)42-33(29)34)36(38)40-24-18-16-14-12-10-8-6-4-2/h11-14,19-22,25-26H,3-10,15-18,23-24H2,1-2H3/b13-11-,14-12-. The van der Waals surface area contributed by atoms with Crippen molar-refractivity contribution in [2.45, 2.75) is 90.9 Å². The van der Waals surface area contributed by atoms with Crippen LogP contribution in [0.1, 0.15) is 112 Å². The van der Waals surface area contributed by atoms with Crippen molar-refractivity contribution >= 4 is 64.2 Å². The Kier molecular flexibility index (Phi) is 13.1. The predicted molar refractivity (Wildman–Crippen MR) is 180 cm³/mol. The Morgan fingerprint density at radius 2 is 1.00 bits per heavy atom. The molecule has 0 aliphatic heterocycles. The maximum Gasteiger partial charge on any atom is 0.338 e. The summed E-state index contributed by atoms with van der Waals surface area (Å²) < 4.78 is 15.6. The number of rotatable bonds is 18. The fourth-order valence-electron chi connectivity index (χ4n) is 4.90. The molecule has 0 bridgehead atoms. The molecule has 224 valence electrons. The van der Waals surface area contributed by atoms with Crippen molar-refractivity contribution < 1.29 is 19.1 Å². The van der Waals surface area contributed by atoms with Crippen molar-refractivity contribution in [2.75, 3.05) is 13.2 Å². The molecule has 0 radical (unpaired) electrons. The van der Waals surface area contributed by atoms with E-state index in [0.717, 1.165) is 58.7 Å². The molecule has 4 rings (SSSR count). The van der Waals surface area contributed by atoms with Crippen LogP contribution in [0.25, 0.3) is 29.6 Å². The number of unbranched alkanes of at least 4 members (excludes halogenated alkanes) is 8. The predicted octanol–water partition coefficient (Wildman–Crippen LogP) is 11.4. The molecule has 0 atom stereocenters. The van der Waals surface area contributed by atoms with Gasteiger partial charge in [-0.2, -0.15) is 0 Å². The maximum absolute atomic E-state index is 12.7. The number of benzene rings is 2. The minimum absolute atomic E-state index is 0.267. The second-order valence-corrected chi connectivity index (χ2v) is 12.9. The monoisotopic (exact) mass is 604 g/mol. The summed E-state index contributed by atoms with van der Waals surface area (Å²) in [5.41, 5.74) is 1.18. The molecule has 0 spiro atoms. The van der Waals surface area contributed by atoms with Gasteiger partial charge in [0.05, 0.1) is 33.7 Å². The number of fused-ring (bicyclic) bond motifs is 5. The van der Waals surface area contributed by atoms with Gasteiger partial charge in [-0.25, -0.2) is 9.59 Å². The van der Waals surface area contributed by atoms with E-state index < -0.39 is 0 Å². The molecule has 0 unspecified atom stereocenters. The van der Waals surface area contributed by atoms with Crippen LogP contribution in [-0.2, 0) is 9.47 Å². The zero-order chi connectivity index (χ0) is 29.6. The Hall–Kier alpha value is -2.96. The number of carbonyl (C=O) groups is 2. The van der Waals surface area contributed by atoms with Crippen LogP contribution in [0.4, 0.5) is 0 Å². The van der Waals surface area contributed by atoms with Crippen molar-refractivity contribution in [3.8, 4) is 0 Å². The van der Waals surface area contributed by atoms with E-state index in [2.05, 4.69) is 38.2 Å². The first-order valence-corrected chi connectivity index (χ1v) is 17.3. The molecule has 0 aliphatic rings. The third-order valence-electron chi connectivity index (χ3n) is 7.33. The average molecular weight is 605 g/mol. The molecule has 0 N–H and O–H groups in total. The highest BCUT2D eigenvalue weighted by Gasteiger charge is 2.16. The van der Waals surface area contributed by atoms with Gasteiger partial charge in [-0.1, -0.05) is 76.0 Å². The number of carbonyl (C=O) groups excluding carboxylic acids is 2. The fraction of sp³-hybridized carbons (Fsp3) is 0.444. The first kappa shape index (κ1) is 32.0. The number of thiophene rings is 2. The van der Waals surface area contributed by atoms with Crippen molar-refractivity contribution in [1.29, 1.82) is 0 Å². The summed E-state index contributed by atoms with van der Waals surface area (Å²) in [4.78, 5) is 25.3. The third kappa shape index (κ3) is 9.02. The van der Waals surface area contributed by atoms with Gasteiger partial charge in [0.15, 0.2) is 0 Å². The van der Waals surface area contributed by atoms with E-state index in [4.69, 9.17) is 9.47 Å². The van der Waals surface area contributed by atoms with Crippen molar-refractivity contribution in [3.05, 3.63) is 71.8 Å². The SMILES string of the molecule is CCCCC/C=C\CCCOC(=O)c1ccc2c(c1)sc1c3ccc(C(=O)OCCC/C=C\CCCCC)cc3sc21. The molecular formula is C36H44O4S2. The lowest BCUT2D eigenvalue weighted by Gasteiger charge is -2.04. The highest BCUT2D eigenvalue weighted by Crippen LogP contribution is 2.44. The molecule has 0 amide bonds. The van der Waals surface area contributed by atoms with Gasteiger partial charge in [0.1, 0.15) is 0 Å². The van der Waals surface area contributed by atoms with Crippen LogP contribution in [-0.4, -0.2) is 25.2 Å². The molecule has 0 saturated carbocycles. The second kappa shape index (κ2) is 17.2. The second-order valence-electron chi connectivity index (χ2n) is 10.8. The summed E-state index contributed by atoms with van der Waals surface area (Å²) in [5.74, 6) is -0.534. The first-order chi connectivity index (χ1) is 20.6. The van der Waals surface area contributed by atoms with E-state index in [1.54, 1.807) is 22.7 Å².